The van der Waals surface area contributed by atoms with Crippen LogP contribution >= 0.6 is 0 Å². The van der Waals surface area contributed by atoms with Crippen LogP contribution in [0.25, 0.3) is 0 Å². The van der Waals surface area contributed by atoms with Gasteiger partial charge in [0.2, 0.25) is 0 Å². The van der Waals surface area contributed by atoms with Gasteiger partial charge in [0, 0.05) is 19.1 Å². The Labute approximate surface area is 84.5 Å². The number of aliphatic carboxylic acids is 1. The van der Waals surface area contributed by atoms with Gasteiger partial charge in [0.15, 0.2) is 0 Å². The van der Waals surface area contributed by atoms with E-state index in [1.54, 1.807) is 0 Å². The van der Waals surface area contributed by atoms with Crippen LogP contribution in [0.3, 0.4) is 0 Å². The maximum Gasteiger partial charge on any atom is 0.320 e. The molecule has 1 N–H and O–H groups in total. The molecule has 80 valence electrons. The number of carbonyl (C=O) groups is 1. The summed E-state index contributed by atoms with van der Waals surface area (Å²) in [5.41, 5.74) is 0. The highest BCUT2D eigenvalue weighted by Gasteiger charge is 2.40. The molecule has 2 heterocycles. The van der Waals surface area contributed by atoms with Crippen molar-refractivity contribution in [2.75, 3.05) is 26.2 Å². The molecule has 0 amide bonds. The predicted molar refractivity (Wildman–Crippen MR) is 53.3 cm³/mol. The molecule has 0 aromatic carbocycles. The number of likely N-dealkylation sites (N-methyl/N-ethyl adjacent to an activating group) is 1. The van der Waals surface area contributed by atoms with Crippen LogP contribution in [0.5, 0.6) is 0 Å². The molecule has 2 unspecified atom stereocenters. The number of hydrogen-bond donors (Lipinski definition) is 1. The molecule has 0 aromatic heterocycles. The van der Waals surface area contributed by atoms with Crippen molar-refractivity contribution >= 4 is 5.97 Å². The second-order valence-electron chi connectivity index (χ2n) is 4.22. The van der Waals surface area contributed by atoms with Crippen LogP contribution in [0.4, 0.5) is 0 Å². The lowest BCUT2D eigenvalue weighted by Crippen LogP contribution is -2.57. The molecule has 2 aliphatic heterocycles. The van der Waals surface area contributed by atoms with Crippen molar-refractivity contribution in [3.8, 4) is 0 Å². The van der Waals surface area contributed by atoms with Crippen molar-refractivity contribution in [2.45, 2.75) is 31.8 Å². The number of carboxylic acids is 1. The van der Waals surface area contributed by atoms with Crippen molar-refractivity contribution in [2.24, 2.45) is 0 Å². The zero-order chi connectivity index (χ0) is 10.1. The third-order valence-electron chi connectivity index (χ3n) is 3.51. The van der Waals surface area contributed by atoms with E-state index in [-0.39, 0.29) is 6.04 Å². The van der Waals surface area contributed by atoms with Gasteiger partial charge in [0.25, 0.3) is 0 Å². The average molecular weight is 198 g/mol. The van der Waals surface area contributed by atoms with E-state index in [1.165, 1.54) is 0 Å². The molecule has 0 spiro atoms. The van der Waals surface area contributed by atoms with Crippen molar-refractivity contribution < 1.29 is 9.90 Å². The first-order valence-electron chi connectivity index (χ1n) is 5.43. The Bertz CT molecular complexity index is 232. The fraction of sp³-hybridized carbons (Fsp3) is 0.900. The van der Waals surface area contributed by atoms with Gasteiger partial charge in [-0.05, 0) is 25.9 Å². The summed E-state index contributed by atoms with van der Waals surface area (Å²) in [7, 11) is 0. The molecule has 2 rings (SSSR count). The van der Waals surface area contributed by atoms with Gasteiger partial charge in [0.05, 0.1) is 0 Å². The molecule has 2 saturated heterocycles. The molecule has 0 aromatic rings. The van der Waals surface area contributed by atoms with E-state index in [4.69, 9.17) is 5.11 Å². The van der Waals surface area contributed by atoms with Crippen LogP contribution in [-0.4, -0.2) is 59.1 Å². The molecule has 2 fully saturated rings. The van der Waals surface area contributed by atoms with Crippen molar-refractivity contribution in [3.05, 3.63) is 0 Å². The normalized spacial score (nSPS) is 34.4. The van der Waals surface area contributed by atoms with E-state index in [2.05, 4.69) is 16.7 Å². The first-order valence-corrected chi connectivity index (χ1v) is 5.43. The zero-order valence-corrected chi connectivity index (χ0v) is 8.65. The average Bonchev–Trinajstić information content (AvgIpc) is 2.49. The number of likely N-dealkylation sites (tertiary alicyclic amines) is 2. The minimum atomic E-state index is -0.647. The maximum absolute atomic E-state index is 10.8. The summed E-state index contributed by atoms with van der Waals surface area (Å²) in [5, 5.41) is 8.93. The lowest BCUT2D eigenvalue weighted by atomic mass is 9.99. The second-order valence-corrected chi connectivity index (χ2v) is 4.22. The van der Waals surface area contributed by atoms with Gasteiger partial charge in [0.1, 0.15) is 6.04 Å². The van der Waals surface area contributed by atoms with Crippen LogP contribution in [-0.2, 0) is 4.79 Å². The van der Waals surface area contributed by atoms with Crippen LogP contribution in [0.15, 0.2) is 0 Å². The molecule has 14 heavy (non-hydrogen) atoms. The van der Waals surface area contributed by atoms with Gasteiger partial charge >= 0.3 is 5.97 Å². The monoisotopic (exact) mass is 198 g/mol. The fourth-order valence-corrected chi connectivity index (χ4v) is 2.48. The van der Waals surface area contributed by atoms with Gasteiger partial charge < -0.3 is 10.0 Å². The number of nitrogens with zero attached hydrogens (tertiary/aromatic N) is 2. The first-order chi connectivity index (χ1) is 6.72. The zero-order valence-electron chi connectivity index (χ0n) is 8.65. The van der Waals surface area contributed by atoms with Gasteiger partial charge in [-0.3, -0.25) is 9.69 Å². The Morgan fingerprint density at radius 1 is 1.43 bits per heavy atom. The quantitative estimate of drug-likeness (QED) is 0.705. The summed E-state index contributed by atoms with van der Waals surface area (Å²) in [6, 6.07) is 0.293. The molecule has 0 bridgehead atoms. The van der Waals surface area contributed by atoms with E-state index in [1.807, 2.05) is 0 Å². The van der Waals surface area contributed by atoms with E-state index < -0.39 is 5.97 Å². The van der Waals surface area contributed by atoms with E-state index in [0.717, 1.165) is 39.0 Å². The first kappa shape index (κ1) is 9.93. The Balaban J connectivity index is 1.88. The maximum atomic E-state index is 10.8. The third kappa shape index (κ3) is 1.64. The lowest BCUT2D eigenvalue weighted by molar-refractivity contribution is -0.149. The van der Waals surface area contributed by atoms with Crippen LogP contribution in [0.1, 0.15) is 19.8 Å². The fourth-order valence-electron chi connectivity index (χ4n) is 2.48. The summed E-state index contributed by atoms with van der Waals surface area (Å²) >= 11 is 0. The Morgan fingerprint density at radius 3 is 2.64 bits per heavy atom. The van der Waals surface area contributed by atoms with Crippen molar-refractivity contribution in [1.29, 1.82) is 0 Å². The molecule has 0 radical (unpaired) electrons. The highest BCUT2D eigenvalue weighted by Crippen LogP contribution is 2.26. The number of hydrogen-bond acceptors (Lipinski definition) is 3. The van der Waals surface area contributed by atoms with Gasteiger partial charge in [-0.1, -0.05) is 6.92 Å². The van der Waals surface area contributed by atoms with Crippen LogP contribution in [0.2, 0.25) is 0 Å². The van der Waals surface area contributed by atoms with E-state index in [0.29, 0.717) is 6.04 Å². The minimum absolute atomic E-state index is 0.197. The summed E-state index contributed by atoms with van der Waals surface area (Å²) < 4.78 is 0. The Hall–Kier alpha value is -0.610. The van der Waals surface area contributed by atoms with Crippen LogP contribution in [0, 0.1) is 0 Å². The largest absolute Gasteiger partial charge is 0.480 e. The van der Waals surface area contributed by atoms with Gasteiger partial charge in [-0.15, -0.1) is 0 Å². The van der Waals surface area contributed by atoms with Crippen LogP contribution < -0.4 is 0 Å². The SMILES string of the molecule is CCN1CCC(N2CCC2C(=O)O)C1. The molecule has 0 saturated carbocycles. The predicted octanol–water partition coefficient (Wildman–Crippen LogP) is 0.239. The molecular weight excluding hydrogens is 180 g/mol. The topological polar surface area (TPSA) is 43.8 Å². The van der Waals surface area contributed by atoms with Gasteiger partial charge in [-0.2, -0.15) is 0 Å². The molecular formula is C10H18N2O2. The highest BCUT2D eigenvalue weighted by molar-refractivity contribution is 5.74. The third-order valence-corrected chi connectivity index (χ3v) is 3.51. The summed E-state index contributed by atoms with van der Waals surface area (Å²) in [4.78, 5) is 15.4. The van der Waals surface area contributed by atoms with Crippen molar-refractivity contribution in [1.82, 2.24) is 9.80 Å². The molecule has 2 atom stereocenters. The standard InChI is InChI=1S/C10H18N2O2/c1-2-11-5-3-8(7-11)12-6-4-9(12)10(13)14/h8-9H,2-7H2,1H3,(H,13,14). The molecule has 4 nitrogen and oxygen atoms in total. The minimum Gasteiger partial charge on any atom is -0.480 e. The second kappa shape index (κ2) is 3.87. The lowest BCUT2D eigenvalue weighted by Gasteiger charge is -2.42. The smallest absolute Gasteiger partial charge is 0.320 e. The van der Waals surface area contributed by atoms with E-state index >= 15 is 0 Å². The Kier molecular flexibility index (Phi) is 2.74. The summed E-state index contributed by atoms with van der Waals surface area (Å²) in [6.45, 7) is 6.40. The van der Waals surface area contributed by atoms with Gasteiger partial charge in [-0.25, -0.2) is 0 Å². The highest BCUT2D eigenvalue weighted by atomic mass is 16.4. The number of rotatable bonds is 3. The molecule has 4 heteroatoms. The molecule has 0 aliphatic carbocycles. The summed E-state index contributed by atoms with van der Waals surface area (Å²) in [5.74, 6) is -0.647. The molecule has 2 aliphatic rings. The number of carboxylic acid groups (broad SMARTS) is 1. The summed E-state index contributed by atoms with van der Waals surface area (Å²) in [6.07, 6.45) is 1.97. The van der Waals surface area contributed by atoms with Crippen molar-refractivity contribution in [3.63, 3.8) is 0 Å². The van der Waals surface area contributed by atoms with E-state index in [9.17, 15) is 4.79 Å². The Morgan fingerprint density at radius 2 is 2.21 bits per heavy atom.